The van der Waals surface area contributed by atoms with Crippen LogP contribution < -0.4 is 0 Å². The molecule has 0 aliphatic heterocycles. The van der Waals surface area contributed by atoms with Crippen molar-refractivity contribution in [3.63, 3.8) is 0 Å². The van der Waals surface area contributed by atoms with Crippen LogP contribution in [-0.4, -0.2) is 15.6 Å². The Morgan fingerprint density at radius 2 is 2.00 bits per heavy atom. The van der Waals surface area contributed by atoms with Crippen LogP contribution in [0.4, 0.5) is 8.78 Å². The lowest BCUT2D eigenvalue weighted by Crippen LogP contribution is -2.10. The third kappa shape index (κ3) is 2.12. The molecule has 18 heavy (non-hydrogen) atoms. The van der Waals surface area contributed by atoms with Gasteiger partial charge in [0.2, 0.25) is 5.78 Å². The van der Waals surface area contributed by atoms with E-state index in [0.717, 1.165) is 6.07 Å². The molecular weight excluding hydrogens is 374 g/mol. The first-order valence-corrected chi connectivity index (χ1v) is 6.37. The minimum absolute atomic E-state index is 0.0400. The molecule has 0 bridgehead atoms. The SMILES string of the molecule is Cn1ncc(Br)c1C(=O)c1ccc(F)c(F)c1Br. The molecule has 0 fully saturated rings. The molecule has 0 amide bonds. The van der Waals surface area contributed by atoms with Crippen LogP contribution in [0, 0.1) is 11.6 Å². The van der Waals surface area contributed by atoms with Crippen LogP contribution >= 0.6 is 31.9 Å². The van der Waals surface area contributed by atoms with E-state index in [0.29, 0.717) is 4.47 Å². The van der Waals surface area contributed by atoms with E-state index in [2.05, 4.69) is 37.0 Å². The molecule has 0 saturated carbocycles. The van der Waals surface area contributed by atoms with Gasteiger partial charge in [0, 0.05) is 12.6 Å². The Hall–Kier alpha value is -1.08. The Morgan fingerprint density at radius 3 is 2.56 bits per heavy atom. The molecule has 94 valence electrons. The standard InChI is InChI=1S/C11H6Br2F2N2O/c1-17-10(6(12)4-16-17)11(18)5-2-3-7(14)9(15)8(5)13/h2-4H,1H3. The van der Waals surface area contributed by atoms with Crippen LogP contribution in [0.1, 0.15) is 16.1 Å². The number of aryl methyl sites for hydroxylation is 1. The van der Waals surface area contributed by atoms with Gasteiger partial charge >= 0.3 is 0 Å². The monoisotopic (exact) mass is 378 g/mol. The zero-order valence-corrected chi connectivity index (χ0v) is 12.2. The summed E-state index contributed by atoms with van der Waals surface area (Å²) in [4.78, 5) is 12.2. The van der Waals surface area contributed by atoms with Gasteiger partial charge in [-0.15, -0.1) is 0 Å². The van der Waals surface area contributed by atoms with Crippen LogP contribution in [0.2, 0.25) is 0 Å². The fraction of sp³-hybridized carbons (Fsp3) is 0.0909. The molecule has 0 aliphatic rings. The highest BCUT2D eigenvalue weighted by molar-refractivity contribution is 9.11. The van der Waals surface area contributed by atoms with Crippen LogP contribution in [0.5, 0.6) is 0 Å². The van der Waals surface area contributed by atoms with E-state index in [4.69, 9.17) is 0 Å². The number of carbonyl (C=O) groups excluding carboxylic acids is 1. The van der Waals surface area contributed by atoms with Gasteiger partial charge in [-0.2, -0.15) is 5.10 Å². The second kappa shape index (κ2) is 4.89. The zero-order chi connectivity index (χ0) is 13.4. The van der Waals surface area contributed by atoms with Crippen LogP contribution in [0.15, 0.2) is 27.3 Å². The predicted octanol–water partition coefficient (Wildman–Crippen LogP) is 3.45. The van der Waals surface area contributed by atoms with Crippen molar-refractivity contribution in [2.75, 3.05) is 0 Å². The minimum atomic E-state index is -1.08. The number of rotatable bonds is 2. The molecule has 0 unspecified atom stereocenters. The zero-order valence-electron chi connectivity index (χ0n) is 9.05. The maximum absolute atomic E-state index is 13.4. The van der Waals surface area contributed by atoms with Crippen molar-refractivity contribution >= 4 is 37.6 Å². The Kier molecular flexibility index (Phi) is 3.63. The molecule has 0 saturated heterocycles. The van der Waals surface area contributed by atoms with E-state index >= 15 is 0 Å². The average molecular weight is 380 g/mol. The highest BCUT2D eigenvalue weighted by Gasteiger charge is 2.22. The maximum atomic E-state index is 13.4. The number of nitrogens with zero attached hydrogens (tertiary/aromatic N) is 2. The maximum Gasteiger partial charge on any atom is 0.213 e. The Balaban J connectivity index is 2.57. The Bertz CT molecular complexity index is 621. The summed E-state index contributed by atoms with van der Waals surface area (Å²) in [7, 11) is 1.59. The summed E-state index contributed by atoms with van der Waals surface area (Å²) in [5.41, 5.74) is 0.305. The normalized spacial score (nSPS) is 10.7. The van der Waals surface area contributed by atoms with Crippen molar-refractivity contribution in [1.82, 2.24) is 9.78 Å². The molecule has 2 aromatic rings. The summed E-state index contributed by atoms with van der Waals surface area (Å²) in [5, 5.41) is 3.90. The van der Waals surface area contributed by atoms with E-state index < -0.39 is 17.4 Å². The number of halogens is 4. The van der Waals surface area contributed by atoms with Gasteiger partial charge < -0.3 is 0 Å². The summed E-state index contributed by atoms with van der Waals surface area (Å²) >= 11 is 6.07. The van der Waals surface area contributed by atoms with Gasteiger partial charge in [0.1, 0.15) is 5.69 Å². The molecule has 7 heteroatoms. The molecule has 0 spiro atoms. The van der Waals surface area contributed by atoms with Crippen molar-refractivity contribution in [3.05, 3.63) is 50.2 Å². The molecular formula is C11H6Br2F2N2O. The third-order valence-electron chi connectivity index (χ3n) is 2.39. The molecule has 1 aromatic heterocycles. The van der Waals surface area contributed by atoms with Crippen LogP contribution in [0.25, 0.3) is 0 Å². The van der Waals surface area contributed by atoms with E-state index in [9.17, 15) is 13.6 Å². The first-order chi connectivity index (χ1) is 8.43. The smallest absolute Gasteiger partial charge is 0.213 e. The second-order valence-corrected chi connectivity index (χ2v) is 5.16. The first-order valence-electron chi connectivity index (χ1n) is 4.79. The minimum Gasteiger partial charge on any atom is -0.287 e. The number of ketones is 1. The Morgan fingerprint density at radius 1 is 1.33 bits per heavy atom. The number of hydrogen-bond acceptors (Lipinski definition) is 2. The molecule has 2 rings (SSSR count). The van der Waals surface area contributed by atoms with Gasteiger partial charge in [-0.1, -0.05) is 0 Å². The number of carbonyl (C=O) groups is 1. The summed E-state index contributed by atoms with van der Waals surface area (Å²) in [6.45, 7) is 0. The van der Waals surface area contributed by atoms with E-state index in [1.54, 1.807) is 7.05 Å². The number of aromatic nitrogens is 2. The van der Waals surface area contributed by atoms with Crippen LogP contribution in [-0.2, 0) is 7.05 Å². The van der Waals surface area contributed by atoms with Gasteiger partial charge in [0.05, 0.1) is 15.1 Å². The van der Waals surface area contributed by atoms with E-state index in [-0.39, 0.29) is 15.7 Å². The number of hydrogen-bond donors (Lipinski definition) is 0. The van der Waals surface area contributed by atoms with Gasteiger partial charge in [-0.3, -0.25) is 9.48 Å². The summed E-state index contributed by atoms with van der Waals surface area (Å²) in [6, 6.07) is 2.14. The van der Waals surface area contributed by atoms with Crippen molar-refractivity contribution < 1.29 is 13.6 Å². The summed E-state index contributed by atoms with van der Waals surface area (Å²) in [6.07, 6.45) is 1.46. The molecule has 1 heterocycles. The highest BCUT2D eigenvalue weighted by atomic mass is 79.9. The predicted molar refractivity (Wildman–Crippen MR) is 68.4 cm³/mol. The topological polar surface area (TPSA) is 34.9 Å². The quantitative estimate of drug-likeness (QED) is 0.591. The molecule has 0 radical (unpaired) electrons. The molecule has 0 atom stereocenters. The van der Waals surface area contributed by atoms with Gasteiger partial charge in [-0.25, -0.2) is 8.78 Å². The average Bonchev–Trinajstić information content (AvgIpc) is 2.65. The van der Waals surface area contributed by atoms with E-state index in [1.807, 2.05) is 0 Å². The third-order valence-corrected chi connectivity index (χ3v) is 3.74. The van der Waals surface area contributed by atoms with Gasteiger partial charge in [0.25, 0.3) is 0 Å². The largest absolute Gasteiger partial charge is 0.287 e. The number of benzene rings is 1. The van der Waals surface area contributed by atoms with Gasteiger partial charge in [0.15, 0.2) is 11.6 Å². The second-order valence-electron chi connectivity index (χ2n) is 3.52. The van der Waals surface area contributed by atoms with Crippen molar-refractivity contribution in [1.29, 1.82) is 0 Å². The lowest BCUT2D eigenvalue weighted by Gasteiger charge is -2.06. The van der Waals surface area contributed by atoms with Crippen molar-refractivity contribution in [2.45, 2.75) is 0 Å². The lowest BCUT2D eigenvalue weighted by molar-refractivity contribution is 0.102. The molecule has 1 aromatic carbocycles. The van der Waals surface area contributed by atoms with Crippen molar-refractivity contribution in [3.8, 4) is 0 Å². The van der Waals surface area contributed by atoms with Crippen molar-refractivity contribution in [2.24, 2.45) is 7.05 Å². The van der Waals surface area contributed by atoms with Crippen LogP contribution in [0.3, 0.4) is 0 Å². The fourth-order valence-corrected chi connectivity index (χ4v) is 2.52. The highest BCUT2D eigenvalue weighted by Crippen LogP contribution is 2.27. The van der Waals surface area contributed by atoms with E-state index in [1.165, 1.54) is 16.9 Å². The summed E-state index contributed by atoms with van der Waals surface area (Å²) < 4.78 is 28.0. The lowest BCUT2D eigenvalue weighted by atomic mass is 10.1. The van der Waals surface area contributed by atoms with Gasteiger partial charge in [-0.05, 0) is 44.0 Å². The molecule has 3 nitrogen and oxygen atoms in total. The molecule has 0 N–H and O–H groups in total. The Labute approximate surface area is 118 Å². The fourth-order valence-electron chi connectivity index (χ4n) is 1.49. The molecule has 0 aliphatic carbocycles. The first kappa shape index (κ1) is 13.4. The summed E-state index contributed by atoms with van der Waals surface area (Å²) in [5.74, 6) is -2.55.